The summed E-state index contributed by atoms with van der Waals surface area (Å²) in [6, 6.07) is 7.63. The van der Waals surface area contributed by atoms with Crippen LogP contribution in [0.3, 0.4) is 0 Å². The van der Waals surface area contributed by atoms with E-state index in [1.807, 2.05) is 36.1 Å². The zero-order valence-electron chi connectivity index (χ0n) is 14.2. The van der Waals surface area contributed by atoms with Crippen LogP contribution in [0.1, 0.15) is 42.9 Å². The summed E-state index contributed by atoms with van der Waals surface area (Å²) >= 11 is 0. The molecule has 2 heterocycles. The first kappa shape index (κ1) is 16.6. The minimum Gasteiger partial charge on any atom is -0.396 e. The molecule has 1 aliphatic rings. The normalized spacial score (nSPS) is 21.0. The van der Waals surface area contributed by atoms with E-state index in [0.29, 0.717) is 17.9 Å². The number of benzene rings is 1. The number of rotatable bonds is 4. The number of aromatic amines is 1. The van der Waals surface area contributed by atoms with Gasteiger partial charge in [0.05, 0.1) is 0 Å². The van der Waals surface area contributed by atoms with E-state index in [4.69, 9.17) is 0 Å². The molecule has 1 amide bonds. The molecule has 2 atom stereocenters. The van der Waals surface area contributed by atoms with Crippen LogP contribution in [0, 0.1) is 5.92 Å². The van der Waals surface area contributed by atoms with Crippen LogP contribution in [0.4, 0.5) is 0 Å². The molecule has 0 saturated carbocycles. The zero-order chi connectivity index (χ0) is 17.1. The summed E-state index contributed by atoms with van der Waals surface area (Å²) < 4.78 is 0. The van der Waals surface area contributed by atoms with Crippen molar-refractivity contribution in [2.45, 2.75) is 39.2 Å². The van der Waals surface area contributed by atoms with E-state index in [-0.39, 0.29) is 24.5 Å². The summed E-state index contributed by atoms with van der Waals surface area (Å²) in [6.45, 7) is 4.85. The van der Waals surface area contributed by atoms with Crippen molar-refractivity contribution in [1.82, 2.24) is 20.1 Å². The van der Waals surface area contributed by atoms with Gasteiger partial charge in [0.25, 0.3) is 5.91 Å². The number of piperidine rings is 1. The third-order valence-electron chi connectivity index (χ3n) is 4.76. The van der Waals surface area contributed by atoms with Crippen LogP contribution in [-0.4, -0.2) is 50.3 Å². The summed E-state index contributed by atoms with van der Waals surface area (Å²) in [6.07, 6.45) is 2.72. The number of amides is 1. The van der Waals surface area contributed by atoms with Crippen LogP contribution in [0.2, 0.25) is 0 Å². The molecule has 128 valence electrons. The van der Waals surface area contributed by atoms with Gasteiger partial charge in [-0.3, -0.25) is 9.89 Å². The number of nitrogens with zero attached hydrogens (tertiary/aromatic N) is 3. The number of aliphatic hydroxyl groups excluding tert-OH is 1. The molecule has 6 nitrogen and oxygen atoms in total. The monoisotopic (exact) mass is 328 g/mol. The van der Waals surface area contributed by atoms with Crippen LogP contribution in [0.5, 0.6) is 0 Å². The third-order valence-corrected chi connectivity index (χ3v) is 4.76. The van der Waals surface area contributed by atoms with Gasteiger partial charge in [-0.2, -0.15) is 5.10 Å². The quantitative estimate of drug-likeness (QED) is 0.902. The number of carbonyl (C=O) groups is 1. The highest BCUT2D eigenvalue weighted by Crippen LogP contribution is 2.24. The molecular weight excluding hydrogens is 304 g/mol. The number of hydrogen-bond acceptors (Lipinski definition) is 4. The van der Waals surface area contributed by atoms with E-state index in [9.17, 15) is 9.90 Å². The lowest BCUT2D eigenvalue weighted by Gasteiger charge is -2.37. The average Bonchev–Trinajstić information content (AvgIpc) is 3.11. The van der Waals surface area contributed by atoms with E-state index >= 15 is 0 Å². The highest BCUT2D eigenvalue weighted by Gasteiger charge is 2.29. The predicted molar refractivity (Wildman–Crippen MR) is 91.5 cm³/mol. The lowest BCUT2D eigenvalue weighted by molar-refractivity contribution is 0.0489. The lowest BCUT2D eigenvalue weighted by atomic mass is 9.93. The number of hydrogen-bond donors (Lipinski definition) is 2. The molecule has 24 heavy (non-hydrogen) atoms. The fourth-order valence-electron chi connectivity index (χ4n) is 3.12. The molecule has 2 N–H and O–H groups in total. The van der Waals surface area contributed by atoms with Gasteiger partial charge >= 0.3 is 0 Å². The molecule has 1 saturated heterocycles. The highest BCUT2D eigenvalue weighted by atomic mass is 16.3. The number of likely N-dealkylation sites (tertiary alicyclic amines) is 1. The SMILES string of the molecule is CCc1nc(-c2ccc(C(=O)N3CC(CO)CCC3C)cc2)n[nH]1. The second kappa shape index (κ2) is 7.13. The Morgan fingerprint density at radius 1 is 1.33 bits per heavy atom. The number of H-pyrrole nitrogens is 1. The van der Waals surface area contributed by atoms with Crippen LogP contribution in [0.25, 0.3) is 11.4 Å². The predicted octanol–water partition coefficient (Wildman–Crippen LogP) is 2.27. The summed E-state index contributed by atoms with van der Waals surface area (Å²) in [5.74, 6) is 1.71. The summed E-state index contributed by atoms with van der Waals surface area (Å²) in [5, 5.41) is 16.5. The third kappa shape index (κ3) is 3.33. The number of nitrogens with one attached hydrogen (secondary N) is 1. The Balaban J connectivity index is 1.75. The molecule has 1 aromatic heterocycles. The Labute approximate surface area is 141 Å². The van der Waals surface area contributed by atoms with Gasteiger partial charge in [-0.25, -0.2) is 4.98 Å². The molecule has 0 aliphatic carbocycles. The van der Waals surface area contributed by atoms with Gasteiger partial charge in [0.15, 0.2) is 5.82 Å². The highest BCUT2D eigenvalue weighted by molar-refractivity contribution is 5.94. The van der Waals surface area contributed by atoms with Crippen LogP contribution in [0.15, 0.2) is 24.3 Å². The maximum absolute atomic E-state index is 12.8. The van der Waals surface area contributed by atoms with Crippen molar-refractivity contribution >= 4 is 5.91 Å². The van der Waals surface area contributed by atoms with Gasteiger partial charge < -0.3 is 10.0 Å². The Morgan fingerprint density at radius 2 is 2.08 bits per heavy atom. The Kier molecular flexibility index (Phi) is 4.94. The molecule has 2 unspecified atom stereocenters. The van der Waals surface area contributed by atoms with Gasteiger partial charge in [-0.05, 0) is 37.8 Å². The molecule has 6 heteroatoms. The van der Waals surface area contributed by atoms with Crippen molar-refractivity contribution in [2.24, 2.45) is 5.92 Å². The Hall–Kier alpha value is -2.21. The van der Waals surface area contributed by atoms with Crippen molar-refractivity contribution in [1.29, 1.82) is 0 Å². The van der Waals surface area contributed by atoms with E-state index in [1.54, 1.807) is 0 Å². The first-order chi connectivity index (χ1) is 11.6. The number of carbonyl (C=O) groups excluding carboxylic acids is 1. The molecule has 0 spiro atoms. The standard InChI is InChI=1S/C18H24N4O2/c1-3-16-19-17(21-20-16)14-6-8-15(9-7-14)18(24)22-10-13(11-23)5-4-12(22)2/h6-9,12-13,23H,3-5,10-11H2,1-2H3,(H,19,20,21). The fraction of sp³-hybridized carbons (Fsp3) is 0.500. The first-order valence-electron chi connectivity index (χ1n) is 8.56. The molecule has 1 fully saturated rings. The summed E-state index contributed by atoms with van der Waals surface area (Å²) in [7, 11) is 0. The first-order valence-corrected chi connectivity index (χ1v) is 8.56. The second-order valence-corrected chi connectivity index (χ2v) is 6.47. The Morgan fingerprint density at radius 3 is 2.71 bits per heavy atom. The van der Waals surface area contributed by atoms with Crippen LogP contribution < -0.4 is 0 Å². The fourth-order valence-corrected chi connectivity index (χ4v) is 3.12. The topological polar surface area (TPSA) is 82.1 Å². The van der Waals surface area contributed by atoms with Gasteiger partial charge in [-0.15, -0.1) is 0 Å². The largest absolute Gasteiger partial charge is 0.396 e. The van der Waals surface area contributed by atoms with Crippen molar-refractivity contribution in [3.63, 3.8) is 0 Å². The zero-order valence-corrected chi connectivity index (χ0v) is 14.2. The molecular formula is C18H24N4O2. The lowest BCUT2D eigenvalue weighted by Crippen LogP contribution is -2.46. The van der Waals surface area contributed by atoms with Crippen LogP contribution >= 0.6 is 0 Å². The Bertz CT molecular complexity index is 695. The summed E-state index contributed by atoms with van der Waals surface area (Å²) in [4.78, 5) is 19.1. The van der Waals surface area contributed by atoms with E-state index in [1.165, 1.54) is 0 Å². The van der Waals surface area contributed by atoms with Crippen molar-refractivity contribution in [3.05, 3.63) is 35.7 Å². The second-order valence-electron chi connectivity index (χ2n) is 6.47. The smallest absolute Gasteiger partial charge is 0.254 e. The number of aryl methyl sites for hydroxylation is 1. The van der Waals surface area contributed by atoms with Gasteiger partial charge in [-0.1, -0.05) is 19.1 Å². The molecule has 2 aromatic rings. The minimum absolute atomic E-state index is 0.0245. The van der Waals surface area contributed by atoms with E-state index in [0.717, 1.165) is 30.7 Å². The number of aliphatic hydroxyl groups is 1. The molecule has 3 rings (SSSR count). The van der Waals surface area contributed by atoms with E-state index < -0.39 is 0 Å². The van der Waals surface area contributed by atoms with Gasteiger partial charge in [0, 0.05) is 36.7 Å². The van der Waals surface area contributed by atoms with E-state index in [2.05, 4.69) is 22.1 Å². The molecule has 0 radical (unpaired) electrons. The average molecular weight is 328 g/mol. The van der Waals surface area contributed by atoms with Gasteiger partial charge in [0.2, 0.25) is 0 Å². The van der Waals surface area contributed by atoms with Crippen LogP contribution in [-0.2, 0) is 6.42 Å². The maximum atomic E-state index is 12.8. The summed E-state index contributed by atoms with van der Waals surface area (Å²) in [5.41, 5.74) is 1.55. The molecule has 0 bridgehead atoms. The van der Waals surface area contributed by atoms with Gasteiger partial charge in [0.1, 0.15) is 5.82 Å². The van der Waals surface area contributed by atoms with Crippen molar-refractivity contribution in [3.8, 4) is 11.4 Å². The maximum Gasteiger partial charge on any atom is 0.254 e. The van der Waals surface area contributed by atoms with Crippen molar-refractivity contribution < 1.29 is 9.90 Å². The van der Waals surface area contributed by atoms with Crippen molar-refractivity contribution in [2.75, 3.05) is 13.2 Å². The number of aromatic nitrogens is 3. The molecule has 1 aromatic carbocycles. The minimum atomic E-state index is 0.0245. The molecule has 1 aliphatic heterocycles.